The van der Waals surface area contributed by atoms with Crippen molar-refractivity contribution in [2.75, 3.05) is 37.6 Å². The molecule has 4 rings (SSSR count). The molecule has 0 unspecified atom stereocenters. The summed E-state index contributed by atoms with van der Waals surface area (Å²) in [5, 5.41) is 3.19. The van der Waals surface area contributed by atoms with Crippen LogP contribution in [0.15, 0.2) is 48.5 Å². The van der Waals surface area contributed by atoms with Crippen molar-refractivity contribution in [3.05, 3.63) is 65.2 Å². The number of nitrogens with one attached hydrogen (secondary N) is 2. The number of fused-ring (bicyclic) bond motifs is 1. The van der Waals surface area contributed by atoms with Gasteiger partial charge < -0.3 is 15.1 Å². The predicted octanol–water partition coefficient (Wildman–Crippen LogP) is 2.60. The fraction of sp³-hybridized carbons (Fsp3) is 0.435. The van der Waals surface area contributed by atoms with E-state index in [1.807, 2.05) is 17.0 Å². The molecule has 0 radical (unpaired) electrons. The van der Waals surface area contributed by atoms with Crippen molar-refractivity contribution >= 4 is 11.6 Å². The number of benzene rings is 2. The number of carbonyl (C=O) groups is 1. The van der Waals surface area contributed by atoms with E-state index in [9.17, 15) is 18.0 Å². The van der Waals surface area contributed by atoms with Crippen LogP contribution in [0.4, 0.5) is 18.9 Å². The Morgan fingerprint density at radius 2 is 1.87 bits per heavy atom. The molecule has 1 heterocycles. The summed E-state index contributed by atoms with van der Waals surface area (Å²) in [6.45, 7) is 3.12. The second kappa shape index (κ2) is 8.68. The Hall–Kier alpha value is -2.54. The van der Waals surface area contributed by atoms with E-state index in [2.05, 4.69) is 17.4 Å². The molecule has 1 fully saturated rings. The number of aryl methyl sites for hydroxylation is 1. The molecule has 7 heteroatoms. The van der Waals surface area contributed by atoms with Crippen LogP contribution in [0.5, 0.6) is 0 Å². The highest BCUT2D eigenvalue weighted by molar-refractivity contribution is 5.77. The third-order valence-electron chi connectivity index (χ3n) is 6.12. The summed E-state index contributed by atoms with van der Waals surface area (Å²) < 4.78 is 38.9. The molecule has 1 aliphatic carbocycles. The fourth-order valence-corrected chi connectivity index (χ4v) is 4.51. The van der Waals surface area contributed by atoms with E-state index in [0.717, 1.165) is 38.4 Å². The quantitative estimate of drug-likeness (QED) is 0.801. The molecular weight excluding hydrogens is 391 g/mol. The van der Waals surface area contributed by atoms with Crippen molar-refractivity contribution in [3.63, 3.8) is 0 Å². The van der Waals surface area contributed by atoms with Crippen molar-refractivity contribution in [3.8, 4) is 0 Å². The minimum atomic E-state index is -4.33. The molecule has 30 heavy (non-hydrogen) atoms. The summed E-state index contributed by atoms with van der Waals surface area (Å²) in [6, 6.07) is 13.8. The second-order valence-electron chi connectivity index (χ2n) is 8.17. The van der Waals surface area contributed by atoms with Crippen LogP contribution in [0.1, 0.15) is 35.6 Å². The van der Waals surface area contributed by atoms with E-state index in [4.69, 9.17) is 0 Å². The Morgan fingerprint density at radius 3 is 2.63 bits per heavy atom. The molecule has 1 saturated heterocycles. The van der Waals surface area contributed by atoms with Crippen LogP contribution >= 0.6 is 0 Å². The number of halogens is 3. The standard InChI is InChI=1S/C23H26F3N3O/c24-23(25,26)18-7-4-8-19(15-18)29-13-11-28(12-14-29)16-22(30)27-21-10-3-6-17-5-1-2-9-20(17)21/h1-2,4-5,7-9,15,21H,3,6,10-14,16H2,(H,27,30)/p+1/t21-/m1/s1. The highest BCUT2D eigenvalue weighted by Crippen LogP contribution is 2.32. The van der Waals surface area contributed by atoms with Crippen molar-refractivity contribution in [2.24, 2.45) is 0 Å². The molecule has 0 saturated carbocycles. The first kappa shape index (κ1) is 20.7. The molecule has 2 aliphatic rings. The Balaban J connectivity index is 1.30. The van der Waals surface area contributed by atoms with E-state index in [-0.39, 0.29) is 11.9 Å². The lowest BCUT2D eigenvalue weighted by Crippen LogP contribution is -3.16. The molecule has 1 atom stereocenters. The number of hydrogen-bond acceptors (Lipinski definition) is 2. The molecule has 160 valence electrons. The molecule has 0 spiro atoms. The maximum absolute atomic E-state index is 13.0. The zero-order chi connectivity index (χ0) is 21.1. The summed E-state index contributed by atoms with van der Waals surface area (Å²) in [4.78, 5) is 15.8. The van der Waals surface area contributed by atoms with E-state index in [1.165, 1.54) is 28.2 Å². The first-order valence-corrected chi connectivity index (χ1v) is 10.5. The monoisotopic (exact) mass is 418 g/mol. The minimum Gasteiger partial charge on any atom is -0.360 e. The third kappa shape index (κ3) is 4.78. The molecule has 2 aromatic carbocycles. The van der Waals surface area contributed by atoms with E-state index in [0.29, 0.717) is 25.3 Å². The normalized spacial score (nSPS) is 20.0. The largest absolute Gasteiger partial charge is 0.416 e. The van der Waals surface area contributed by atoms with Gasteiger partial charge in [-0.15, -0.1) is 0 Å². The molecule has 1 aliphatic heterocycles. The van der Waals surface area contributed by atoms with Gasteiger partial charge in [-0.05, 0) is 48.6 Å². The number of piperazine rings is 1. The highest BCUT2D eigenvalue weighted by atomic mass is 19.4. The predicted molar refractivity (Wildman–Crippen MR) is 109 cm³/mol. The van der Waals surface area contributed by atoms with Gasteiger partial charge in [0.1, 0.15) is 0 Å². The Labute approximate surface area is 174 Å². The van der Waals surface area contributed by atoms with Crippen molar-refractivity contribution in [2.45, 2.75) is 31.5 Å². The molecule has 2 aromatic rings. The Morgan fingerprint density at radius 1 is 1.10 bits per heavy atom. The van der Waals surface area contributed by atoms with E-state index < -0.39 is 11.7 Å². The van der Waals surface area contributed by atoms with Crippen LogP contribution in [-0.2, 0) is 17.4 Å². The molecule has 0 bridgehead atoms. The average Bonchev–Trinajstić information content (AvgIpc) is 2.74. The summed E-state index contributed by atoms with van der Waals surface area (Å²) in [6.07, 6.45) is -1.24. The zero-order valence-corrected chi connectivity index (χ0v) is 16.8. The van der Waals surface area contributed by atoms with Crippen molar-refractivity contribution < 1.29 is 22.9 Å². The lowest BCUT2D eigenvalue weighted by atomic mass is 9.88. The van der Waals surface area contributed by atoms with Crippen molar-refractivity contribution in [1.82, 2.24) is 5.32 Å². The highest BCUT2D eigenvalue weighted by Gasteiger charge is 2.31. The number of hydrogen-bond donors (Lipinski definition) is 2. The number of rotatable bonds is 4. The SMILES string of the molecule is O=C(C[NH+]1CCN(c2cccc(C(F)(F)F)c2)CC1)N[C@@H]1CCCc2ccccc21. The van der Waals surface area contributed by atoms with Crippen molar-refractivity contribution in [1.29, 1.82) is 0 Å². The smallest absolute Gasteiger partial charge is 0.360 e. The number of nitrogens with zero attached hydrogens (tertiary/aromatic N) is 1. The van der Waals surface area contributed by atoms with Crippen LogP contribution in [0, 0.1) is 0 Å². The van der Waals surface area contributed by atoms with Gasteiger partial charge in [0.2, 0.25) is 0 Å². The Bertz CT molecular complexity index is 891. The number of amides is 1. The summed E-state index contributed by atoms with van der Waals surface area (Å²) in [5.74, 6) is 0.0409. The van der Waals surface area contributed by atoms with Crippen LogP contribution in [0.2, 0.25) is 0 Å². The molecule has 0 aromatic heterocycles. The van der Waals surface area contributed by atoms with Gasteiger partial charge in [-0.25, -0.2) is 0 Å². The fourth-order valence-electron chi connectivity index (χ4n) is 4.51. The van der Waals surface area contributed by atoms with Gasteiger partial charge in [-0.3, -0.25) is 4.79 Å². The van der Waals surface area contributed by atoms with Gasteiger partial charge in [0.05, 0.1) is 37.8 Å². The van der Waals surface area contributed by atoms with Crippen LogP contribution in [-0.4, -0.2) is 38.6 Å². The first-order chi connectivity index (χ1) is 14.4. The summed E-state index contributed by atoms with van der Waals surface area (Å²) >= 11 is 0. The maximum atomic E-state index is 13.0. The van der Waals surface area contributed by atoms with Gasteiger partial charge in [-0.2, -0.15) is 13.2 Å². The molecule has 1 amide bonds. The minimum absolute atomic E-state index is 0.0409. The molecular formula is C23H27F3N3O+. The van der Waals surface area contributed by atoms with Gasteiger partial charge in [0, 0.05) is 5.69 Å². The van der Waals surface area contributed by atoms with E-state index >= 15 is 0 Å². The second-order valence-corrected chi connectivity index (χ2v) is 8.17. The Kier molecular flexibility index (Phi) is 5.99. The first-order valence-electron chi connectivity index (χ1n) is 10.5. The van der Waals surface area contributed by atoms with Crippen LogP contribution in [0.25, 0.3) is 0 Å². The number of quaternary nitrogens is 1. The summed E-state index contributed by atoms with van der Waals surface area (Å²) in [7, 11) is 0. The maximum Gasteiger partial charge on any atom is 0.416 e. The van der Waals surface area contributed by atoms with Crippen LogP contribution in [0.3, 0.4) is 0 Å². The van der Waals surface area contributed by atoms with Gasteiger partial charge in [0.25, 0.3) is 5.91 Å². The summed E-state index contributed by atoms with van der Waals surface area (Å²) in [5.41, 5.74) is 2.51. The van der Waals surface area contributed by atoms with E-state index in [1.54, 1.807) is 6.07 Å². The third-order valence-corrected chi connectivity index (χ3v) is 6.12. The van der Waals surface area contributed by atoms with Crippen LogP contribution < -0.4 is 15.1 Å². The zero-order valence-electron chi connectivity index (χ0n) is 16.8. The van der Waals surface area contributed by atoms with Gasteiger partial charge in [0.15, 0.2) is 6.54 Å². The topological polar surface area (TPSA) is 36.8 Å². The molecule has 2 N–H and O–H groups in total. The molecule has 4 nitrogen and oxygen atoms in total. The average molecular weight is 418 g/mol. The lowest BCUT2D eigenvalue weighted by molar-refractivity contribution is -0.892. The number of anilines is 1. The number of alkyl halides is 3. The van der Waals surface area contributed by atoms with Gasteiger partial charge >= 0.3 is 6.18 Å². The van der Waals surface area contributed by atoms with Gasteiger partial charge in [-0.1, -0.05) is 30.3 Å². The number of carbonyl (C=O) groups excluding carboxylic acids is 1. The lowest BCUT2D eigenvalue weighted by Gasteiger charge is -2.34.